The smallest absolute Gasteiger partial charge is 0.191 e. The zero-order chi connectivity index (χ0) is 10.6. The second kappa shape index (κ2) is 5.49. The van der Waals surface area contributed by atoms with Crippen LogP contribution in [0.2, 0.25) is 0 Å². The SMILES string of the molecule is CSCCCC1CN=C(N)N1C(C)C. The Balaban J connectivity index is 2.39. The van der Waals surface area contributed by atoms with E-state index in [1.165, 1.54) is 18.6 Å². The summed E-state index contributed by atoms with van der Waals surface area (Å²) in [6.45, 7) is 5.24. The molecule has 0 aromatic heterocycles. The highest BCUT2D eigenvalue weighted by molar-refractivity contribution is 7.98. The number of nitrogens with zero attached hydrogens (tertiary/aromatic N) is 2. The van der Waals surface area contributed by atoms with Gasteiger partial charge in [0, 0.05) is 6.04 Å². The first kappa shape index (κ1) is 11.7. The largest absolute Gasteiger partial charge is 0.370 e. The third-order valence-electron chi connectivity index (χ3n) is 2.56. The zero-order valence-corrected chi connectivity index (χ0v) is 10.2. The van der Waals surface area contributed by atoms with Gasteiger partial charge in [-0.3, -0.25) is 4.99 Å². The third-order valence-corrected chi connectivity index (χ3v) is 3.26. The summed E-state index contributed by atoms with van der Waals surface area (Å²) < 4.78 is 0. The monoisotopic (exact) mass is 215 g/mol. The minimum Gasteiger partial charge on any atom is -0.370 e. The summed E-state index contributed by atoms with van der Waals surface area (Å²) in [5, 5.41) is 0. The van der Waals surface area contributed by atoms with Crippen LogP contribution in [0.5, 0.6) is 0 Å². The van der Waals surface area contributed by atoms with Crippen LogP contribution in [0.4, 0.5) is 0 Å². The summed E-state index contributed by atoms with van der Waals surface area (Å²) in [6.07, 6.45) is 4.63. The summed E-state index contributed by atoms with van der Waals surface area (Å²) in [6, 6.07) is 1.02. The normalized spacial score (nSPS) is 21.9. The van der Waals surface area contributed by atoms with E-state index in [0.29, 0.717) is 12.1 Å². The van der Waals surface area contributed by atoms with Gasteiger partial charge in [-0.15, -0.1) is 0 Å². The molecule has 82 valence electrons. The maximum Gasteiger partial charge on any atom is 0.191 e. The fraction of sp³-hybridized carbons (Fsp3) is 0.900. The van der Waals surface area contributed by atoms with Gasteiger partial charge in [0.05, 0.1) is 12.6 Å². The number of hydrogen-bond donors (Lipinski definition) is 1. The van der Waals surface area contributed by atoms with Gasteiger partial charge in [-0.1, -0.05) is 0 Å². The second-order valence-electron chi connectivity index (χ2n) is 3.99. The van der Waals surface area contributed by atoms with Crippen molar-refractivity contribution in [3.8, 4) is 0 Å². The molecule has 1 aliphatic rings. The Bertz CT molecular complexity index is 204. The molecule has 0 bridgehead atoms. The molecule has 2 N–H and O–H groups in total. The highest BCUT2D eigenvalue weighted by Gasteiger charge is 2.27. The maximum absolute atomic E-state index is 5.85. The van der Waals surface area contributed by atoms with Crippen LogP contribution in [-0.4, -0.2) is 41.5 Å². The minimum atomic E-state index is 0.473. The topological polar surface area (TPSA) is 41.6 Å². The first-order valence-corrected chi connectivity index (χ1v) is 6.63. The van der Waals surface area contributed by atoms with Gasteiger partial charge in [-0.25, -0.2) is 0 Å². The fourth-order valence-corrected chi connectivity index (χ4v) is 2.39. The first-order valence-electron chi connectivity index (χ1n) is 5.24. The molecule has 0 amide bonds. The number of thioether (sulfide) groups is 1. The van der Waals surface area contributed by atoms with Gasteiger partial charge in [0.1, 0.15) is 0 Å². The van der Waals surface area contributed by atoms with Crippen LogP contribution in [0.1, 0.15) is 26.7 Å². The molecule has 0 saturated heterocycles. The summed E-state index contributed by atoms with van der Waals surface area (Å²) in [5.74, 6) is 1.97. The first-order chi connectivity index (χ1) is 6.66. The molecular formula is C10H21N3S. The molecule has 1 rings (SSSR count). The molecule has 1 aliphatic heterocycles. The standard InChI is InChI=1S/C10H21N3S/c1-8(2)13-9(5-4-6-14-3)7-12-10(13)11/h8-9H,4-7H2,1-3H3,(H2,11,12). The van der Waals surface area contributed by atoms with Crippen LogP contribution < -0.4 is 5.73 Å². The van der Waals surface area contributed by atoms with Crippen molar-refractivity contribution in [3.63, 3.8) is 0 Å². The summed E-state index contributed by atoms with van der Waals surface area (Å²) in [4.78, 5) is 6.56. The Morgan fingerprint density at radius 3 is 2.93 bits per heavy atom. The molecule has 0 aliphatic carbocycles. The van der Waals surface area contributed by atoms with E-state index in [9.17, 15) is 0 Å². The van der Waals surface area contributed by atoms with Crippen molar-refractivity contribution >= 4 is 17.7 Å². The number of rotatable bonds is 5. The van der Waals surface area contributed by atoms with Crippen LogP contribution in [0, 0.1) is 0 Å². The van der Waals surface area contributed by atoms with E-state index >= 15 is 0 Å². The lowest BCUT2D eigenvalue weighted by Gasteiger charge is -2.30. The molecule has 4 heteroatoms. The summed E-state index contributed by atoms with van der Waals surface area (Å²) in [5.41, 5.74) is 5.85. The van der Waals surface area contributed by atoms with E-state index < -0.39 is 0 Å². The second-order valence-corrected chi connectivity index (χ2v) is 4.97. The van der Waals surface area contributed by atoms with Crippen LogP contribution in [0.25, 0.3) is 0 Å². The van der Waals surface area contributed by atoms with E-state index in [-0.39, 0.29) is 0 Å². The molecule has 0 fully saturated rings. The van der Waals surface area contributed by atoms with Gasteiger partial charge in [-0.05, 0) is 38.7 Å². The fourth-order valence-electron chi connectivity index (χ4n) is 1.94. The molecule has 1 unspecified atom stereocenters. The van der Waals surface area contributed by atoms with Crippen molar-refractivity contribution in [1.82, 2.24) is 4.90 Å². The number of nitrogens with two attached hydrogens (primary N) is 1. The minimum absolute atomic E-state index is 0.473. The average Bonchev–Trinajstić information content (AvgIpc) is 2.47. The predicted molar refractivity (Wildman–Crippen MR) is 64.9 cm³/mol. The van der Waals surface area contributed by atoms with Gasteiger partial charge in [0.15, 0.2) is 5.96 Å². The molecule has 1 heterocycles. The van der Waals surface area contributed by atoms with E-state index in [4.69, 9.17) is 5.73 Å². The van der Waals surface area contributed by atoms with Crippen molar-refractivity contribution in [3.05, 3.63) is 0 Å². The van der Waals surface area contributed by atoms with Crippen molar-refractivity contribution in [2.24, 2.45) is 10.7 Å². The van der Waals surface area contributed by atoms with Gasteiger partial charge in [-0.2, -0.15) is 11.8 Å². The Hall–Kier alpha value is -0.380. The molecule has 1 atom stereocenters. The molecule has 0 spiro atoms. The van der Waals surface area contributed by atoms with Crippen molar-refractivity contribution < 1.29 is 0 Å². The molecule has 3 nitrogen and oxygen atoms in total. The van der Waals surface area contributed by atoms with E-state index in [2.05, 4.69) is 30.0 Å². The molecule has 0 saturated carbocycles. The highest BCUT2D eigenvalue weighted by atomic mass is 32.2. The van der Waals surface area contributed by atoms with Gasteiger partial charge in [0.25, 0.3) is 0 Å². The lowest BCUT2D eigenvalue weighted by atomic mass is 10.1. The molecule has 0 radical (unpaired) electrons. The molecule has 0 aromatic rings. The Morgan fingerprint density at radius 2 is 2.36 bits per heavy atom. The van der Waals surface area contributed by atoms with E-state index in [0.717, 1.165) is 12.5 Å². The van der Waals surface area contributed by atoms with Crippen molar-refractivity contribution in [2.75, 3.05) is 18.6 Å². The van der Waals surface area contributed by atoms with Crippen LogP contribution in [0.3, 0.4) is 0 Å². The molecular weight excluding hydrogens is 194 g/mol. The summed E-state index contributed by atoms with van der Waals surface area (Å²) >= 11 is 1.91. The lowest BCUT2D eigenvalue weighted by molar-refractivity contribution is 0.272. The quantitative estimate of drug-likeness (QED) is 0.707. The van der Waals surface area contributed by atoms with Gasteiger partial charge < -0.3 is 10.6 Å². The number of hydrogen-bond acceptors (Lipinski definition) is 4. The van der Waals surface area contributed by atoms with Crippen LogP contribution >= 0.6 is 11.8 Å². The number of aliphatic imine (C=N–C) groups is 1. The third kappa shape index (κ3) is 2.80. The van der Waals surface area contributed by atoms with Gasteiger partial charge >= 0.3 is 0 Å². The van der Waals surface area contributed by atoms with Crippen molar-refractivity contribution in [1.29, 1.82) is 0 Å². The Kier molecular flexibility index (Phi) is 4.58. The van der Waals surface area contributed by atoms with E-state index in [1.807, 2.05) is 11.8 Å². The lowest BCUT2D eigenvalue weighted by Crippen LogP contribution is -2.45. The number of guanidine groups is 1. The maximum atomic E-state index is 5.85. The Morgan fingerprint density at radius 1 is 1.64 bits per heavy atom. The zero-order valence-electron chi connectivity index (χ0n) is 9.36. The Labute approximate surface area is 91.1 Å². The van der Waals surface area contributed by atoms with Crippen LogP contribution in [0.15, 0.2) is 4.99 Å². The van der Waals surface area contributed by atoms with Gasteiger partial charge in [0.2, 0.25) is 0 Å². The summed E-state index contributed by atoms with van der Waals surface area (Å²) in [7, 11) is 0. The van der Waals surface area contributed by atoms with Crippen LogP contribution in [-0.2, 0) is 0 Å². The highest BCUT2D eigenvalue weighted by Crippen LogP contribution is 2.17. The predicted octanol–water partition coefficient (Wildman–Crippen LogP) is 1.54. The molecule has 14 heavy (non-hydrogen) atoms. The van der Waals surface area contributed by atoms with Crippen molar-refractivity contribution in [2.45, 2.75) is 38.8 Å². The molecule has 0 aromatic carbocycles. The van der Waals surface area contributed by atoms with E-state index in [1.54, 1.807) is 0 Å². The average molecular weight is 215 g/mol.